The molecule has 25 heavy (non-hydrogen) atoms. The Balaban J connectivity index is 2.49. The summed E-state index contributed by atoms with van der Waals surface area (Å²) in [4.78, 5) is 0. The number of nitriles is 1. The van der Waals surface area contributed by atoms with Crippen LogP contribution in [0.1, 0.15) is 31.9 Å². The number of alkyl halides is 3. The van der Waals surface area contributed by atoms with Crippen LogP contribution in [0.3, 0.4) is 0 Å². The van der Waals surface area contributed by atoms with Gasteiger partial charge in [0.15, 0.2) is 0 Å². The molecule has 0 unspecified atom stereocenters. The van der Waals surface area contributed by atoms with Gasteiger partial charge in [-0.3, -0.25) is 4.68 Å². The maximum absolute atomic E-state index is 13.1. The van der Waals surface area contributed by atoms with Crippen LogP contribution < -0.4 is 4.74 Å². The van der Waals surface area contributed by atoms with Gasteiger partial charge in [0, 0.05) is 12.1 Å². The fourth-order valence-electron chi connectivity index (χ4n) is 2.64. The highest BCUT2D eigenvalue weighted by molar-refractivity contribution is 5.73. The summed E-state index contributed by atoms with van der Waals surface area (Å²) in [5.74, 6) is 0.419. The summed E-state index contributed by atoms with van der Waals surface area (Å²) in [6.07, 6.45) is -2.99. The first-order chi connectivity index (χ1) is 11.6. The number of ether oxygens (including phenoxy) is 1. The molecule has 1 aromatic heterocycles. The van der Waals surface area contributed by atoms with E-state index >= 15 is 0 Å². The van der Waals surface area contributed by atoms with E-state index in [9.17, 15) is 18.4 Å². The second-order valence-corrected chi connectivity index (χ2v) is 6.43. The van der Waals surface area contributed by atoms with Crippen molar-refractivity contribution in [2.75, 3.05) is 7.11 Å². The van der Waals surface area contributed by atoms with Crippen LogP contribution in [-0.2, 0) is 13.0 Å². The predicted octanol–water partition coefficient (Wildman–Crippen LogP) is 4.58. The van der Waals surface area contributed by atoms with Crippen molar-refractivity contribution in [2.45, 2.75) is 39.9 Å². The number of hydrogen-bond acceptors (Lipinski definition) is 3. The Labute approximate surface area is 144 Å². The van der Waals surface area contributed by atoms with Gasteiger partial charge in [0.2, 0.25) is 0 Å². The summed E-state index contributed by atoms with van der Waals surface area (Å²) in [6, 6.07) is 7.00. The van der Waals surface area contributed by atoms with Crippen LogP contribution in [0, 0.1) is 16.7 Å². The molecule has 0 aliphatic rings. The number of hydrogen-bond donors (Lipinski definition) is 0. The monoisotopic (exact) mass is 351 g/mol. The predicted molar refractivity (Wildman–Crippen MR) is 88.1 cm³/mol. The lowest BCUT2D eigenvalue weighted by atomic mass is 9.84. The summed E-state index contributed by atoms with van der Waals surface area (Å²) in [7, 11) is 1.45. The fourth-order valence-corrected chi connectivity index (χ4v) is 2.64. The second-order valence-electron chi connectivity index (χ2n) is 6.43. The molecule has 4 nitrogen and oxygen atoms in total. The van der Waals surface area contributed by atoms with Gasteiger partial charge in [0.1, 0.15) is 11.8 Å². The van der Waals surface area contributed by atoms with Crippen LogP contribution in [0.5, 0.6) is 5.75 Å². The number of benzene rings is 1. The molecule has 0 saturated heterocycles. The van der Waals surface area contributed by atoms with Crippen LogP contribution >= 0.6 is 0 Å². The van der Waals surface area contributed by atoms with Gasteiger partial charge in [-0.25, -0.2) is 0 Å². The summed E-state index contributed by atoms with van der Waals surface area (Å²) < 4.78 is 46.4. The van der Waals surface area contributed by atoms with E-state index in [1.54, 1.807) is 22.9 Å². The Morgan fingerprint density at radius 2 is 1.96 bits per heavy atom. The average molecular weight is 351 g/mol. The van der Waals surface area contributed by atoms with E-state index in [1.165, 1.54) is 27.2 Å². The Bertz CT molecular complexity index is 801. The number of halogens is 3. The van der Waals surface area contributed by atoms with Gasteiger partial charge < -0.3 is 4.74 Å². The van der Waals surface area contributed by atoms with Gasteiger partial charge >= 0.3 is 6.18 Å². The van der Waals surface area contributed by atoms with Gasteiger partial charge in [-0.1, -0.05) is 19.9 Å². The van der Waals surface area contributed by atoms with Gasteiger partial charge in [0.05, 0.1) is 30.0 Å². The molecule has 2 rings (SSSR count). The minimum absolute atomic E-state index is 0.161. The third-order valence-corrected chi connectivity index (χ3v) is 4.19. The fraction of sp³-hybridized carbons (Fsp3) is 0.444. The summed E-state index contributed by atoms with van der Waals surface area (Å²) in [6.45, 7) is 4.80. The van der Waals surface area contributed by atoms with Crippen molar-refractivity contribution in [3.8, 4) is 23.1 Å². The van der Waals surface area contributed by atoms with Gasteiger partial charge in [0.25, 0.3) is 0 Å². The Hall–Kier alpha value is -2.49. The molecule has 0 fully saturated rings. The Morgan fingerprint density at radius 3 is 2.48 bits per heavy atom. The Morgan fingerprint density at radius 1 is 1.28 bits per heavy atom. The van der Waals surface area contributed by atoms with Crippen molar-refractivity contribution < 1.29 is 17.9 Å². The van der Waals surface area contributed by atoms with Gasteiger partial charge in [-0.2, -0.15) is 23.5 Å². The number of aromatic nitrogens is 2. The molecule has 7 heteroatoms. The zero-order valence-electron chi connectivity index (χ0n) is 14.6. The first-order valence-corrected chi connectivity index (χ1v) is 7.84. The quantitative estimate of drug-likeness (QED) is 0.792. The van der Waals surface area contributed by atoms with E-state index in [-0.39, 0.29) is 6.42 Å². The molecule has 0 saturated carbocycles. The first-order valence-electron chi connectivity index (χ1n) is 7.84. The van der Waals surface area contributed by atoms with Crippen molar-refractivity contribution in [3.63, 3.8) is 0 Å². The molecular weight excluding hydrogens is 331 g/mol. The van der Waals surface area contributed by atoms with Crippen molar-refractivity contribution in [1.29, 1.82) is 5.26 Å². The SMILES string of the molecule is CCn1ncc(C#N)c1-c1ccc(CC(C)(C)C(F)(F)F)cc1OC. The van der Waals surface area contributed by atoms with E-state index < -0.39 is 11.6 Å². The Kier molecular flexibility index (Phi) is 5.12. The van der Waals surface area contributed by atoms with E-state index in [0.29, 0.717) is 34.7 Å². The zero-order chi connectivity index (χ0) is 18.8. The zero-order valence-corrected chi connectivity index (χ0v) is 14.6. The van der Waals surface area contributed by atoms with Crippen LogP contribution in [0.15, 0.2) is 24.4 Å². The highest BCUT2D eigenvalue weighted by atomic mass is 19.4. The smallest absolute Gasteiger partial charge is 0.394 e. The summed E-state index contributed by atoms with van der Waals surface area (Å²) in [5.41, 5.74) is 0.297. The van der Waals surface area contributed by atoms with Crippen LogP contribution in [0.4, 0.5) is 13.2 Å². The van der Waals surface area contributed by atoms with Crippen LogP contribution in [-0.4, -0.2) is 23.1 Å². The minimum Gasteiger partial charge on any atom is -0.496 e. The lowest BCUT2D eigenvalue weighted by Gasteiger charge is -2.28. The van der Waals surface area contributed by atoms with Gasteiger partial charge in [-0.15, -0.1) is 0 Å². The maximum Gasteiger partial charge on any atom is 0.394 e. The molecule has 0 aliphatic carbocycles. The van der Waals surface area contributed by atoms with Gasteiger partial charge in [-0.05, 0) is 31.0 Å². The van der Waals surface area contributed by atoms with E-state index in [1.807, 2.05) is 6.92 Å². The average Bonchev–Trinajstić information content (AvgIpc) is 2.96. The number of rotatable bonds is 5. The molecule has 0 radical (unpaired) electrons. The topological polar surface area (TPSA) is 50.8 Å². The molecule has 2 aromatic rings. The summed E-state index contributed by atoms with van der Waals surface area (Å²) >= 11 is 0. The highest BCUT2D eigenvalue weighted by Crippen LogP contribution is 2.41. The van der Waals surface area contributed by atoms with Crippen molar-refractivity contribution in [3.05, 3.63) is 35.5 Å². The van der Waals surface area contributed by atoms with E-state index in [2.05, 4.69) is 11.2 Å². The molecule has 1 aromatic carbocycles. The third kappa shape index (κ3) is 3.63. The summed E-state index contributed by atoms with van der Waals surface area (Å²) in [5, 5.41) is 13.4. The highest BCUT2D eigenvalue weighted by Gasteiger charge is 2.47. The second kappa shape index (κ2) is 6.79. The van der Waals surface area contributed by atoms with E-state index in [4.69, 9.17) is 4.74 Å². The minimum atomic E-state index is -4.30. The largest absolute Gasteiger partial charge is 0.496 e. The molecule has 0 spiro atoms. The number of methoxy groups -OCH3 is 1. The number of nitrogens with zero attached hydrogens (tertiary/aromatic N) is 3. The van der Waals surface area contributed by atoms with Crippen molar-refractivity contribution in [2.24, 2.45) is 5.41 Å². The lowest BCUT2D eigenvalue weighted by Crippen LogP contribution is -2.34. The normalized spacial score (nSPS) is 12.1. The molecular formula is C18H20F3N3O. The van der Waals surface area contributed by atoms with E-state index in [0.717, 1.165) is 0 Å². The first kappa shape index (κ1) is 18.8. The van der Waals surface area contributed by atoms with Crippen LogP contribution in [0.25, 0.3) is 11.3 Å². The lowest BCUT2D eigenvalue weighted by molar-refractivity contribution is -0.211. The molecule has 134 valence electrons. The molecule has 0 bridgehead atoms. The molecule has 0 amide bonds. The molecule has 1 heterocycles. The van der Waals surface area contributed by atoms with Crippen molar-refractivity contribution in [1.82, 2.24) is 9.78 Å². The van der Waals surface area contributed by atoms with Crippen LogP contribution in [0.2, 0.25) is 0 Å². The number of aryl methyl sites for hydroxylation is 1. The third-order valence-electron chi connectivity index (χ3n) is 4.19. The van der Waals surface area contributed by atoms with Crippen molar-refractivity contribution >= 4 is 0 Å². The molecule has 0 N–H and O–H groups in total. The molecule has 0 aliphatic heterocycles. The standard InChI is InChI=1S/C18H20F3N3O/c1-5-24-16(13(10-22)11-23-24)14-7-6-12(8-15(14)25-4)9-17(2,3)18(19,20)21/h6-8,11H,5,9H2,1-4H3. The molecule has 0 atom stereocenters. The maximum atomic E-state index is 13.1.